The van der Waals surface area contributed by atoms with Crippen molar-refractivity contribution in [1.82, 2.24) is 4.90 Å². The van der Waals surface area contributed by atoms with Crippen molar-refractivity contribution in [3.8, 4) is 0 Å². The SMILES string of the molecule is CC1(C)CN(C(=O)c2sc3ccc(F)cc3c2N)CCO1. The van der Waals surface area contributed by atoms with E-state index >= 15 is 0 Å². The topological polar surface area (TPSA) is 55.6 Å². The molecule has 2 N–H and O–H groups in total. The van der Waals surface area contributed by atoms with Gasteiger partial charge in [0.25, 0.3) is 5.91 Å². The second-order valence-corrected chi connectivity index (χ2v) is 6.87. The average molecular weight is 308 g/mol. The van der Waals surface area contributed by atoms with Gasteiger partial charge in [0.1, 0.15) is 10.7 Å². The zero-order valence-corrected chi connectivity index (χ0v) is 12.8. The number of nitrogens with two attached hydrogens (primary N) is 1. The summed E-state index contributed by atoms with van der Waals surface area (Å²) in [5.74, 6) is -0.455. The normalized spacial score (nSPS) is 18.1. The highest BCUT2D eigenvalue weighted by molar-refractivity contribution is 7.21. The quantitative estimate of drug-likeness (QED) is 0.881. The van der Waals surface area contributed by atoms with Gasteiger partial charge in [0.15, 0.2) is 0 Å². The number of morpholine rings is 1. The third-order valence-electron chi connectivity index (χ3n) is 3.60. The van der Waals surface area contributed by atoms with E-state index in [4.69, 9.17) is 10.5 Å². The molecule has 1 aromatic heterocycles. The number of hydrogen-bond acceptors (Lipinski definition) is 4. The van der Waals surface area contributed by atoms with Crippen LogP contribution in [-0.4, -0.2) is 36.1 Å². The van der Waals surface area contributed by atoms with Gasteiger partial charge in [-0.2, -0.15) is 0 Å². The van der Waals surface area contributed by atoms with E-state index in [-0.39, 0.29) is 17.3 Å². The van der Waals surface area contributed by atoms with E-state index in [1.165, 1.54) is 23.5 Å². The number of benzene rings is 1. The van der Waals surface area contributed by atoms with Crippen molar-refractivity contribution >= 4 is 33.0 Å². The summed E-state index contributed by atoms with van der Waals surface area (Å²) in [6, 6.07) is 4.41. The Morgan fingerprint density at radius 1 is 1.48 bits per heavy atom. The molecule has 1 aliphatic heterocycles. The Kier molecular flexibility index (Phi) is 3.37. The number of nitrogens with zero attached hydrogens (tertiary/aromatic N) is 1. The number of anilines is 1. The number of amides is 1. The molecule has 0 aliphatic carbocycles. The van der Waals surface area contributed by atoms with Crippen LogP contribution in [-0.2, 0) is 4.74 Å². The highest BCUT2D eigenvalue weighted by Crippen LogP contribution is 2.35. The molecule has 1 amide bonds. The Morgan fingerprint density at radius 2 is 2.24 bits per heavy atom. The van der Waals surface area contributed by atoms with Crippen LogP contribution in [0.3, 0.4) is 0 Å². The molecule has 3 rings (SSSR count). The number of fused-ring (bicyclic) bond motifs is 1. The van der Waals surface area contributed by atoms with Crippen LogP contribution in [0.15, 0.2) is 18.2 Å². The Morgan fingerprint density at radius 3 is 2.95 bits per heavy atom. The van der Waals surface area contributed by atoms with E-state index < -0.39 is 0 Å². The fourth-order valence-corrected chi connectivity index (χ4v) is 3.65. The number of rotatable bonds is 1. The summed E-state index contributed by atoms with van der Waals surface area (Å²) in [7, 11) is 0. The molecule has 21 heavy (non-hydrogen) atoms. The first-order valence-electron chi connectivity index (χ1n) is 6.78. The summed E-state index contributed by atoms with van der Waals surface area (Å²) >= 11 is 1.31. The number of hydrogen-bond donors (Lipinski definition) is 1. The van der Waals surface area contributed by atoms with Gasteiger partial charge < -0.3 is 15.4 Å². The monoisotopic (exact) mass is 308 g/mol. The second kappa shape index (κ2) is 4.96. The van der Waals surface area contributed by atoms with E-state index in [9.17, 15) is 9.18 Å². The van der Waals surface area contributed by atoms with E-state index in [1.54, 1.807) is 11.0 Å². The lowest BCUT2D eigenvalue weighted by Gasteiger charge is -2.38. The Labute approximate surface area is 126 Å². The van der Waals surface area contributed by atoms with Gasteiger partial charge in [0, 0.05) is 23.2 Å². The lowest BCUT2D eigenvalue weighted by molar-refractivity contribution is -0.0762. The van der Waals surface area contributed by atoms with Crippen molar-refractivity contribution < 1.29 is 13.9 Å². The summed E-state index contributed by atoms with van der Waals surface area (Å²) in [5.41, 5.74) is 6.06. The standard InChI is InChI=1S/C15H17FN2O2S/c1-15(2)8-18(5-6-20-15)14(19)13-12(17)10-7-9(16)3-4-11(10)21-13/h3-4,7H,5-6,8,17H2,1-2H3. The molecule has 1 aromatic carbocycles. The molecule has 6 heteroatoms. The summed E-state index contributed by atoms with van der Waals surface area (Å²) in [4.78, 5) is 14.9. The fourth-order valence-electron chi connectivity index (χ4n) is 2.58. The van der Waals surface area contributed by atoms with E-state index in [0.29, 0.717) is 35.6 Å². The van der Waals surface area contributed by atoms with Crippen molar-refractivity contribution in [2.45, 2.75) is 19.4 Å². The molecule has 2 aromatic rings. The minimum atomic E-state index is -0.356. The largest absolute Gasteiger partial charge is 0.397 e. The first kappa shape index (κ1) is 14.3. The van der Waals surface area contributed by atoms with Gasteiger partial charge in [-0.1, -0.05) is 0 Å². The average Bonchev–Trinajstić information content (AvgIpc) is 2.74. The highest BCUT2D eigenvalue weighted by Gasteiger charge is 2.32. The smallest absolute Gasteiger partial charge is 0.266 e. The maximum Gasteiger partial charge on any atom is 0.266 e. The molecular weight excluding hydrogens is 291 g/mol. The number of thiophene rings is 1. The molecule has 0 unspecified atom stereocenters. The summed E-state index contributed by atoms with van der Waals surface area (Å²) < 4.78 is 19.8. The minimum absolute atomic E-state index is 0.106. The van der Waals surface area contributed by atoms with Crippen LogP contribution in [0.2, 0.25) is 0 Å². The summed E-state index contributed by atoms with van der Waals surface area (Å²) in [6.07, 6.45) is 0. The molecule has 1 fully saturated rings. The molecule has 1 saturated heterocycles. The Bertz CT molecular complexity index is 711. The van der Waals surface area contributed by atoms with Crippen LogP contribution >= 0.6 is 11.3 Å². The van der Waals surface area contributed by atoms with E-state index in [1.807, 2.05) is 13.8 Å². The zero-order valence-electron chi connectivity index (χ0n) is 12.0. The van der Waals surface area contributed by atoms with Gasteiger partial charge in [-0.25, -0.2) is 4.39 Å². The molecule has 0 atom stereocenters. The van der Waals surface area contributed by atoms with Crippen LogP contribution in [0.25, 0.3) is 10.1 Å². The van der Waals surface area contributed by atoms with Gasteiger partial charge in [-0.05, 0) is 32.0 Å². The molecule has 4 nitrogen and oxygen atoms in total. The Hall–Kier alpha value is -1.66. The molecule has 1 aliphatic rings. The maximum absolute atomic E-state index is 13.3. The lowest BCUT2D eigenvalue weighted by Crippen LogP contribution is -2.50. The molecule has 0 saturated carbocycles. The number of halogens is 1. The van der Waals surface area contributed by atoms with Crippen molar-refractivity contribution in [2.24, 2.45) is 0 Å². The summed E-state index contributed by atoms with van der Waals surface area (Å²) in [6.45, 7) is 5.49. The van der Waals surface area contributed by atoms with Gasteiger partial charge >= 0.3 is 0 Å². The van der Waals surface area contributed by atoms with Gasteiger partial charge in [-0.3, -0.25) is 4.79 Å². The van der Waals surface area contributed by atoms with Gasteiger partial charge in [0.05, 0.1) is 17.9 Å². The molecule has 0 radical (unpaired) electrons. The second-order valence-electron chi connectivity index (χ2n) is 5.82. The maximum atomic E-state index is 13.3. The minimum Gasteiger partial charge on any atom is -0.397 e. The third-order valence-corrected chi connectivity index (χ3v) is 4.77. The predicted octanol–water partition coefficient (Wildman–Crippen LogP) is 2.87. The van der Waals surface area contributed by atoms with E-state index in [2.05, 4.69) is 0 Å². The van der Waals surface area contributed by atoms with Crippen LogP contribution < -0.4 is 5.73 Å². The number of nitrogen functional groups attached to an aromatic ring is 1. The number of ether oxygens (including phenoxy) is 1. The lowest BCUT2D eigenvalue weighted by atomic mass is 10.1. The third kappa shape index (κ3) is 2.61. The van der Waals surface area contributed by atoms with Crippen LogP contribution in [0.5, 0.6) is 0 Å². The summed E-state index contributed by atoms with van der Waals surface area (Å²) in [5, 5.41) is 0.607. The zero-order chi connectivity index (χ0) is 15.2. The molecule has 2 heterocycles. The first-order valence-corrected chi connectivity index (χ1v) is 7.60. The van der Waals surface area contributed by atoms with Gasteiger partial charge in [0.2, 0.25) is 0 Å². The fraction of sp³-hybridized carbons (Fsp3) is 0.400. The molecule has 0 bridgehead atoms. The molecular formula is C15H17FN2O2S. The van der Waals surface area contributed by atoms with Crippen molar-refractivity contribution in [2.75, 3.05) is 25.4 Å². The van der Waals surface area contributed by atoms with Crippen molar-refractivity contribution in [3.63, 3.8) is 0 Å². The predicted molar refractivity (Wildman–Crippen MR) is 82.1 cm³/mol. The van der Waals surface area contributed by atoms with Crippen LogP contribution in [0.4, 0.5) is 10.1 Å². The highest BCUT2D eigenvalue weighted by atomic mass is 32.1. The van der Waals surface area contributed by atoms with Crippen LogP contribution in [0, 0.1) is 5.82 Å². The van der Waals surface area contributed by atoms with Crippen LogP contribution in [0.1, 0.15) is 23.5 Å². The molecule has 112 valence electrons. The Balaban J connectivity index is 1.96. The number of carbonyl (C=O) groups is 1. The molecule has 0 spiro atoms. The van der Waals surface area contributed by atoms with Crippen molar-refractivity contribution in [3.05, 3.63) is 28.9 Å². The van der Waals surface area contributed by atoms with E-state index in [0.717, 1.165) is 4.70 Å². The van der Waals surface area contributed by atoms with Crippen molar-refractivity contribution in [1.29, 1.82) is 0 Å². The van der Waals surface area contributed by atoms with Gasteiger partial charge in [-0.15, -0.1) is 11.3 Å². The number of carbonyl (C=O) groups excluding carboxylic acids is 1. The first-order chi connectivity index (χ1) is 9.87.